The predicted molar refractivity (Wildman–Crippen MR) is 117 cm³/mol. The number of nitrogens with zero attached hydrogens (tertiary/aromatic N) is 4. The summed E-state index contributed by atoms with van der Waals surface area (Å²) in [5.74, 6) is 2.50. The summed E-state index contributed by atoms with van der Waals surface area (Å²) < 4.78 is 7.54. The molecule has 3 aromatic rings. The van der Waals surface area contributed by atoms with Gasteiger partial charge in [-0.05, 0) is 43.5 Å². The van der Waals surface area contributed by atoms with Gasteiger partial charge in [0.05, 0.1) is 13.7 Å². The predicted octanol–water partition coefficient (Wildman–Crippen LogP) is 4.56. The lowest BCUT2D eigenvalue weighted by atomic mass is 10.2. The fourth-order valence-corrected chi connectivity index (χ4v) is 3.76. The number of ether oxygens (including phenoxy) is 1. The van der Waals surface area contributed by atoms with Crippen molar-refractivity contribution in [2.75, 3.05) is 17.3 Å². The Bertz CT molecular complexity index is 1030. The van der Waals surface area contributed by atoms with Gasteiger partial charge in [0.15, 0.2) is 5.82 Å². The number of hydrogen-bond acceptors (Lipinski definition) is 4. The Balaban J connectivity index is 1.66. The van der Waals surface area contributed by atoms with Gasteiger partial charge < -0.3 is 14.6 Å². The van der Waals surface area contributed by atoms with Crippen LogP contribution in [0.3, 0.4) is 0 Å². The molecule has 1 aliphatic rings. The first-order chi connectivity index (χ1) is 14.7. The smallest absolute Gasteiger partial charge is 0.326 e. The SMILES string of the molecule is COc1cccc(N(Cc2nnc3n2CCCCC3)C(=O)Nc2ccccc2C)c1. The Hall–Kier alpha value is -3.35. The molecule has 2 heterocycles. The molecule has 1 aromatic heterocycles. The van der Waals surface area contributed by atoms with E-state index in [1.807, 2.05) is 55.5 Å². The topological polar surface area (TPSA) is 72.3 Å². The first-order valence-corrected chi connectivity index (χ1v) is 10.3. The highest BCUT2D eigenvalue weighted by molar-refractivity contribution is 6.02. The van der Waals surface area contributed by atoms with Crippen molar-refractivity contribution >= 4 is 17.4 Å². The van der Waals surface area contributed by atoms with E-state index in [0.717, 1.165) is 54.4 Å². The van der Waals surface area contributed by atoms with E-state index in [1.54, 1.807) is 12.0 Å². The maximum atomic E-state index is 13.3. The molecule has 7 heteroatoms. The number of carbonyl (C=O) groups is 1. The Morgan fingerprint density at radius 2 is 2.00 bits per heavy atom. The van der Waals surface area contributed by atoms with Gasteiger partial charge in [0, 0.05) is 30.4 Å². The van der Waals surface area contributed by atoms with Crippen LogP contribution in [0.4, 0.5) is 16.2 Å². The number of para-hydroxylation sites is 1. The van der Waals surface area contributed by atoms with Gasteiger partial charge in [-0.2, -0.15) is 0 Å². The number of nitrogens with one attached hydrogen (secondary N) is 1. The maximum Gasteiger partial charge on any atom is 0.326 e. The van der Waals surface area contributed by atoms with Gasteiger partial charge in [0.25, 0.3) is 0 Å². The number of aryl methyl sites for hydroxylation is 2. The number of fused-ring (bicyclic) bond motifs is 1. The number of amides is 2. The van der Waals surface area contributed by atoms with E-state index in [-0.39, 0.29) is 6.03 Å². The number of hydrogen-bond donors (Lipinski definition) is 1. The first kappa shape index (κ1) is 19.9. The van der Waals surface area contributed by atoms with Crippen molar-refractivity contribution in [2.45, 2.75) is 45.7 Å². The summed E-state index contributed by atoms with van der Waals surface area (Å²) in [6, 6.07) is 15.0. The Labute approximate surface area is 176 Å². The summed E-state index contributed by atoms with van der Waals surface area (Å²) in [6.07, 6.45) is 4.36. The normalized spacial score (nSPS) is 13.3. The monoisotopic (exact) mass is 405 g/mol. The second-order valence-corrected chi connectivity index (χ2v) is 7.53. The van der Waals surface area contributed by atoms with Crippen LogP contribution in [0.25, 0.3) is 0 Å². The van der Waals surface area contributed by atoms with Crippen LogP contribution < -0.4 is 15.0 Å². The van der Waals surface area contributed by atoms with E-state index < -0.39 is 0 Å². The number of anilines is 2. The molecule has 2 amide bonds. The van der Waals surface area contributed by atoms with Gasteiger partial charge in [-0.3, -0.25) is 4.90 Å². The Morgan fingerprint density at radius 1 is 1.13 bits per heavy atom. The third-order valence-electron chi connectivity index (χ3n) is 5.48. The highest BCUT2D eigenvalue weighted by Gasteiger charge is 2.22. The summed E-state index contributed by atoms with van der Waals surface area (Å²) in [4.78, 5) is 15.0. The van der Waals surface area contributed by atoms with Crippen molar-refractivity contribution in [2.24, 2.45) is 0 Å². The van der Waals surface area contributed by atoms with Crippen LogP contribution in [-0.2, 0) is 19.5 Å². The van der Waals surface area contributed by atoms with Crippen LogP contribution >= 0.6 is 0 Å². The summed E-state index contributed by atoms with van der Waals surface area (Å²) in [5.41, 5.74) is 2.54. The second kappa shape index (κ2) is 8.98. The zero-order valence-electron chi connectivity index (χ0n) is 17.5. The van der Waals surface area contributed by atoms with E-state index in [4.69, 9.17) is 4.74 Å². The van der Waals surface area contributed by atoms with Crippen LogP contribution in [0.15, 0.2) is 48.5 Å². The minimum Gasteiger partial charge on any atom is -0.497 e. The Morgan fingerprint density at radius 3 is 2.83 bits per heavy atom. The molecular formula is C23H27N5O2. The minimum atomic E-state index is -0.219. The fraction of sp³-hybridized carbons (Fsp3) is 0.348. The summed E-state index contributed by atoms with van der Waals surface area (Å²) in [6.45, 7) is 3.20. The van der Waals surface area contributed by atoms with Crippen molar-refractivity contribution in [3.8, 4) is 5.75 Å². The first-order valence-electron chi connectivity index (χ1n) is 10.3. The molecule has 0 bridgehead atoms. The molecule has 0 atom stereocenters. The van der Waals surface area contributed by atoms with Crippen molar-refractivity contribution in [3.63, 3.8) is 0 Å². The molecule has 0 aliphatic carbocycles. The number of rotatable bonds is 5. The fourth-order valence-electron chi connectivity index (χ4n) is 3.76. The van der Waals surface area contributed by atoms with Crippen molar-refractivity contribution in [1.82, 2.24) is 14.8 Å². The molecule has 4 rings (SSSR count). The molecule has 0 saturated heterocycles. The summed E-state index contributed by atoms with van der Waals surface area (Å²) >= 11 is 0. The van der Waals surface area contributed by atoms with Crippen molar-refractivity contribution in [1.29, 1.82) is 0 Å². The van der Waals surface area contributed by atoms with Gasteiger partial charge in [-0.15, -0.1) is 10.2 Å². The number of carbonyl (C=O) groups excluding carboxylic acids is 1. The molecule has 0 spiro atoms. The van der Waals surface area contributed by atoms with Gasteiger partial charge in [-0.1, -0.05) is 30.7 Å². The van der Waals surface area contributed by atoms with Crippen LogP contribution in [0, 0.1) is 6.92 Å². The van der Waals surface area contributed by atoms with Gasteiger partial charge in [0.2, 0.25) is 0 Å². The van der Waals surface area contributed by atoms with E-state index in [2.05, 4.69) is 20.1 Å². The molecule has 0 radical (unpaired) electrons. The molecule has 0 fully saturated rings. The highest BCUT2D eigenvalue weighted by Crippen LogP contribution is 2.25. The van der Waals surface area contributed by atoms with E-state index >= 15 is 0 Å². The van der Waals surface area contributed by atoms with E-state index in [9.17, 15) is 4.79 Å². The van der Waals surface area contributed by atoms with Gasteiger partial charge in [0.1, 0.15) is 11.6 Å². The van der Waals surface area contributed by atoms with Crippen LogP contribution in [-0.4, -0.2) is 27.9 Å². The van der Waals surface area contributed by atoms with Crippen LogP contribution in [0.2, 0.25) is 0 Å². The summed E-state index contributed by atoms with van der Waals surface area (Å²) in [7, 11) is 1.62. The quantitative estimate of drug-likeness (QED) is 0.675. The average molecular weight is 406 g/mol. The largest absolute Gasteiger partial charge is 0.497 e. The van der Waals surface area contributed by atoms with Crippen molar-refractivity contribution < 1.29 is 9.53 Å². The molecule has 0 unspecified atom stereocenters. The Kier molecular flexibility index (Phi) is 5.97. The standard InChI is InChI=1S/C23H27N5O2/c1-17-9-5-6-12-20(17)24-23(29)28(18-10-8-11-19(15-18)30-2)16-22-26-25-21-13-4-3-7-14-27(21)22/h5-6,8-12,15H,3-4,7,13-14,16H2,1-2H3,(H,24,29). The molecule has 2 aromatic carbocycles. The zero-order valence-corrected chi connectivity index (χ0v) is 17.5. The van der Waals surface area contributed by atoms with Crippen LogP contribution in [0.1, 0.15) is 36.5 Å². The molecule has 0 saturated carbocycles. The van der Waals surface area contributed by atoms with Gasteiger partial charge >= 0.3 is 6.03 Å². The third-order valence-corrected chi connectivity index (χ3v) is 5.48. The lowest BCUT2D eigenvalue weighted by Crippen LogP contribution is -2.35. The van der Waals surface area contributed by atoms with Crippen molar-refractivity contribution in [3.05, 3.63) is 65.7 Å². The average Bonchev–Trinajstić information content (AvgIpc) is 2.99. The van der Waals surface area contributed by atoms with E-state index in [0.29, 0.717) is 12.3 Å². The van der Waals surface area contributed by atoms with E-state index in [1.165, 1.54) is 6.42 Å². The van der Waals surface area contributed by atoms with Crippen LogP contribution in [0.5, 0.6) is 5.75 Å². The molecule has 1 aliphatic heterocycles. The van der Waals surface area contributed by atoms with Gasteiger partial charge in [-0.25, -0.2) is 4.79 Å². The summed E-state index contributed by atoms with van der Waals surface area (Å²) in [5, 5.41) is 11.8. The number of benzene rings is 2. The maximum absolute atomic E-state index is 13.3. The third kappa shape index (κ3) is 4.30. The molecule has 156 valence electrons. The lowest BCUT2D eigenvalue weighted by molar-refractivity contribution is 0.256. The number of aromatic nitrogens is 3. The zero-order chi connectivity index (χ0) is 20.9. The molecular weight excluding hydrogens is 378 g/mol. The lowest BCUT2D eigenvalue weighted by Gasteiger charge is -2.24. The number of methoxy groups -OCH3 is 1. The molecule has 7 nitrogen and oxygen atoms in total. The number of urea groups is 1. The minimum absolute atomic E-state index is 0.219. The molecule has 1 N–H and O–H groups in total. The highest BCUT2D eigenvalue weighted by atomic mass is 16.5. The second-order valence-electron chi connectivity index (χ2n) is 7.53. The molecule has 30 heavy (non-hydrogen) atoms.